The summed E-state index contributed by atoms with van der Waals surface area (Å²) in [6.07, 6.45) is 0.903. The third-order valence-electron chi connectivity index (χ3n) is 3.56. The number of halogens is 1. The predicted molar refractivity (Wildman–Crippen MR) is 110 cm³/mol. The Bertz CT molecular complexity index is 1020. The van der Waals surface area contributed by atoms with E-state index in [9.17, 15) is 22.4 Å². The molecule has 0 fully saturated rings. The highest BCUT2D eigenvalue weighted by Gasteiger charge is 2.23. The Balaban J connectivity index is 2.20. The summed E-state index contributed by atoms with van der Waals surface area (Å²) in [5.74, 6) is -1.38. The third-order valence-corrected chi connectivity index (χ3v) is 5.30. The molecule has 1 aromatic carbocycles. The summed E-state index contributed by atoms with van der Waals surface area (Å²) in [5.41, 5.74) is 0.0625. The predicted octanol–water partition coefficient (Wildman–Crippen LogP) is 3.80. The largest absolute Gasteiger partial charge is 0.321 e. The first-order valence-electron chi connectivity index (χ1n) is 8.27. The van der Waals surface area contributed by atoms with E-state index in [1.807, 2.05) is 0 Å². The van der Waals surface area contributed by atoms with Gasteiger partial charge >= 0.3 is 0 Å². The van der Waals surface area contributed by atoms with Gasteiger partial charge in [0.2, 0.25) is 15.9 Å². The monoisotopic (exact) mass is 427 g/mol. The van der Waals surface area contributed by atoms with Gasteiger partial charge in [0.15, 0.2) is 0 Å². The smallest absolute Gasteiger partial charge is 0.266 e. The molecule has 0 radical (unpaired) electrons. The van der Waals surface area contributed by atoms with Gasteiger partial charge in [-0.3, -0.25) is 14.3 Å². The van der Waals surface area contributed by atoms with Crippen molar-refractivity contribution < 1.29 is 22.4 Å². The zero-order valence-electron chi connectivity index (χ0n) is 16.1. The zero-order chi connectivity index (χ0) is 21.3. The number of thiophene rings is 1. The number of rotatable bonds is 5. The second-order valence-corrected chi connectivity index (χ2v) is 10.2. The number of anilines is 3. The molecule has 2 amide bonds. The third kappa shape index (κ3) is 5.77. The number of carbonyl (C=O) groups excluding carboxylic acids is 2. The van der Waals surface area contributed by atoms with Crippen molar-refractivity contribution in [1.82, 2.24) is 0 Å². The van der Waals surface area contributed by atoms with Gasteiger partial charge in [-0.1, -0.05) is 20.8 Å². The normalized spacial score (nSPS) is 11.8. The van der Waals surface area contributed by atoms with Crippen molar-refractivity contribution in [2.45, 2.75) is 27.7 Å². The summed E-state index contributed by atoms with van der Waals surface area (Å²) in [6, 6.07) is 5.27. The molecule has 0 bridgehead atoms. The fraction of sp³-hybridized carbons (Fsp3) is 0.333. The van der Waals surface area contributed by atoms with Crippen LogP contribution < -0.4 is 15.4 Å². The van der Waals surface area contributed by atoms with Crippen LogP contribution in [0.25, 0.3) is 0 Å². The van der Waals surface area contributed by atoms with Crippen LogP contribution in [-0.4, -0.2) is 26.5 Å². The Morgan fingerprint density at radius 1 is 1.11 bits per heavy atom. The minimum Gasteiger partial charge on any atom is -0.321 e. The first-order chi connectivity index (χ1) is 12.8. The summed E-state index contributed by atoms with van der Waals surface area (Å²) < 4.78 is 38.5. The van der Waals surface area contributed by atoms with Crippen molar-refractivity contribution in [2.24, 2.45) is 5.41 Å². The van der Waals surface area contributed by atoms with Crippen molar-refractivity contribution in [3.8, 4) is 0 Å². The number of amides is 2. The van der Waals surface area contributed by atoms with E-state index in [1.54, 1.807) is 33.8 Å². The van der Waals surface area contributed by atoms with Crippen LogP contribution in [0.3, 0.4) is 0 Å². The molecule has 0 atom stereocenters. The topological polar surface area (TPSA) is 104 Å². The van der Waals surface area contributed by atoms with Crippen molar-refractivity contribution in [1.29, 1.82) is 0 Å². The maximum atomic E-state index is 13.8. The highest BCUT2D eigenvalue weighted by molar-refractivity contribution is 7.92. The molecule has 2 rings (SSSR count). The highest BCUT2D eigenvalue weighted by Crippen LogP contribution is 2.29. The van der Waals surface area contributed by atoms with Crippen LogP contribution in [0, 0.1) is 18.2 Å². The molecule has 0 aliphatic carbocycles. The lowest BCUT2D eigenvalue weighted by atomic mass is 9.96. The van der Waals surface area contributed by atoms with Crippen molar-refractivity contribution in [2.75, 3.05) is 21.6 Å². The van der Waals surface area contributed by atoms with Crippen molar-refractivity contribution in [3.63, 3.8) is 0 Å². The summed E-state index contributed by atoms with van der Waals surface area (Å²) in [4.78, 5) is 25.0. The lowest BCUT2D eigenvalue weighted by Gasteiger charge is -2.16. The van der Waals surface area contributed by atoms with Gasteiger partial charge in [0.1, 0.15) is 5.82 Å². The average molecular weight is 428 g/mol. The number of carbonyl (C=O) groups is 2. The highest BCUT2D eigenvalue weighted by atomic mass is 32.2. The summed E-state index contributed by atoms with van der Waals surface area (Å²) in [5, 5.41) is 5.93. The van der Waals surface area contributed by atoms with E-state index >= 15 is 0 Å². The molecule has 152 valence electrons. The van der Waals surface area contributed by atoms with E-state index in [2.05, 4.69) is 15.4 Å². The molecule has 1 heterocycles. The summed E-state index contributed by atoms with van der Waals surface area (Å²) in [7, 11) is -3.66. The Morgan fingerprint density at radius 3 is 2.32 bits per heavy atom. The van der Waals surface area contributed by atoms with Crippen LogP contribution in [0.1, 0.15) is 36.0 Å². The van der Waals surface area contributed by atoms with Gasteiger partial charge in [-0.25, -0.2) is 12.8 Å². The molecular weight excluding hydrogens is 405 g/mol. The van der Waals surface area contributed by atoms with Crippen LogP contribution in [0.5, 0.6) is 0 Å². The first-order valence-corrected chi connectivity index (χ1v) is 11.0. The summed E-state index contributed by atoms with van der Waals surface area (Å²) >= 11 is 1.12. The standard InChI is InChI=1S/C18H22FN3O4S2/c1-10-8-14(21-17(24)18(2,3)4)27-15(10)16(23)20-11-6-7-12(19)13(9-11)22-28(5,25)26/h6-9,22H,1-5H3,(H,20,23)(H,21,24). The van der Waals surface area contributed by atoms with Gasteiger partial charge in [-0.2, -0.15) is 0 Å². The first kappa shape index (κ1) is 21.8. The second-order valence-electron chi connectivity index (χ2n) is 7.35. The Labute approximate surface area is 167 Å². The Hall–Kier alpha value is -2.46. The molecule has 2 aromatic rings. The molecule has 0 spiro atoms. The number of hydrogen-bond acceptors (Lipinski definition) is 5. The molecule has 3 N–H and O–H groups in total. The molecule has 28 heavy (non-hydrogen) atoms. The van der Waals surface area contributed by atoms with Crippen LogP contribution >= 0.6 is 11.3 Å². The minimum atomic E-state index is -3.66. The van der Waals surface area contributed by atoms with Crippen LogP contribution in [0.4, 0.5) is 20.8 Å². The number of aryl methyl sites for hydroxylation is 1. The fourth-order valence-electron chi connectivity index (χ4n) is 2.14. The number of benzene rings is 1. The second kappa shape index (κ2) is 7.88. The van der Waals surface area contributed by atoms with Crippen LogP contribution in [0.15, 0.2) is 24.3 Å². The maximum Gasteiger partial charge on any atom is 0.266 e. The quantitative estimate of drug-likeness (QED) is 0.675. The molecular formula is C18H22FN3O4S2. The number of sulfonamides is 1. The average Bonchev–Trinajstić information content (AvgIpc) is 2.89. The number of nitrogens with one attached hydrogen (secondary N) is 3. The fourth-order valence-corrected chi connectivity index (χ4v) is 3.66. The van der Waals surface area contributed by atoms with Crippen molar-refractivity contribution in [3.05, 3.63) is 40.5 Å². The molecule has 0 saturated heterocycles. The van der Waals surface area contributed by atoms with E-state index in [0.717, 1.165) is 23.7 Å². The van der Waals surface area contributed by atoms with Gasteiger partial charge in [-0.15, -0.1) is 11.3 Å². The van der Waals surface area contributed by atoms with E-state index in [-0.39, 0.29) is 17.3 Å². The SMILES string of the molecule is Cc1cc(NC(=O)C(C)(C)C)sc1C(=O)Nc1ccc(F)c(NS(C)(=O)=O)c1. The Morgan fingerprint density at radius 2 is 1.75 bits per heavy atom. The van der Waals surface area contributed by atoms with E-state index in [0.29, 0.717) is 15.4 Å². The van der Waals surface area contributed by atoms with Gasteiger partial charge in [0, 0.05) is 11.1 Å². The molecule has 0 aliphatic rings. The molecule has 0 unspecified atom stereocenters. The number of hydrogen-bond donors (Lipinski definition) is 3. The zero-order valence-corrected chi connectivity index (χ0v) is 17.8. The van der Waals surface area contributed by atoms with Gasteiger partial charge < -0.3 is 10.6 Å². The molecule has 7 nitrogen and oxygen atoms in total. The summed E-state index contributed by atoms with van der Waals surface area (Å²) in [6.45, 7) is 7.09. The van der Waals surface area contributed by atoms with Crippen LogP contribution in [-0.2, 0) is 14.8 Å². The lowest BCUT2D eigenvalue weighted by molar-refractivity contribution is -0.123. The Kier molecular flexibility index (Phi) is 6.15. The van der Waals surface area contributed by atoms with Crippen molar-refractivity contribution >= 4 is 49.6 Å². The minimum absolute atomic E-state index is 0.171. The molecule has 0 aliphatic heterocycles. The van der Waals surface area contributed by atoms with Crippen LogP contribution in [0.2, 0.25) is 0 Å². The van der Waals surface area contributed by atoms with E-state index in [4.69, 9.17) is 0 Å². The molecule has 1 aromatic heterocycles. The van der Waals surface area contributed by atoms with Gasteiger partial charge in [0.25, 0.3) is 5.91 Å². The van der Waals surface area contributed by atoms with Gasteiger partial charge in [0.05, 0.1) is 21.8 Å². The maximum absolute atomic E-state index is 13.8. The van der Waals surface area contributed by atoms with E-state index in [1.165, 1.54) is 12.1 Å². The lowest BCUT2D eigenvalue weighted by Crippen LogP contribution is -2.27. The molecule has 10 heteroatoms. The van der Waals surface area contributed by atoms with Gasteiger partial charge in [-0.05, 0) is 36.8 Å². The van der Waals surface area contributed by atoms with E-state index < -0.39 is 27.2 Å². The molecule has 0 saturated carbocycles.